The molecule has 0 unspecified atom stereocenters. The third kappa shape index (κ3) is 5.60. The Kier molecular flexibility index (Phi) is 7.82. The van der Waals surface area contributed by atoms with Gasteiger partial charge in [-0.25, -0.2) is 0 Å². The fraction of sp³-hybridized carbons (Fsp3) is 0. The molecule has 0 saturated carbocycles. The molecule has 0 aliphatic rings. The van der Waals surface area contributed by atoms with Gasteiger partial charge < -0.3 is 13.9 Å². The van der Waals surface area contributed by atoms with Crippen LogP contribution in [0.15, 0.2) is 223 Å². The Labute approximate surface area is 330 Å². The number of nitrogens with zero attached hydrogens (tertiary/aromatic N) is 2. The molecule has 11 rings (SSSR count). The highest BCUT2D eigenvalue weighted by atomic mass is 16.3. The first-order valence-electron chi connectivity index (χ1n) is 19.4. The Morgan fingerprint density at radius 3 is 1.60 bits per heavy atom. The summed E-state index contributed by atoms with van der Waals surface area (Å²) in [5.74, 6) is 0. The summed E-state index contributed by atoms with van der Waals surface area (Å²) in [6.07, 6.45) is 0. The summed E-state index contributed by atoms with van der Waals surface area (Å²) in [6.45, 7) is 0. The summed E-state index contributed by atoms with van der Waals surface area (Å²) >= 11 is 0. The number of para-hydroxylation sites is 4. The average Bonchev–Trinajstić information content (AvgIpc) is 3.84. The maximum absolute atomic E-state index is 6.42. The lowest BCUT2D eigenvalue weighted by atomic mass is 9.95. The number of furan rings is 1. The number of fused-ring (bicyclic) bond motifs is 6. The Morgan fingerprint density at radius 1 is 0.351 bits per heavy atom. The van der Waals surface area contributed by atoms with Gasteiger partial charge in [-0.2, -0.15) is 0 Å². The minimum Gasteiger partial charge on any atom is -0.456 e. The van der Waals surface area contributed by atoms with Gasteiger partial charge in [0.25, 0.3) is 0 Å². The molecule has 268 valence electrons. The maximum atomic E-state index is 6.42. The largest absolute Gasteiger partial charge is 0.456 e. The second-order valence-electron chi connectivity index (χ2n) is 14.5. The number of anilines is 3. The van der Waals surface area contributed by atoms with Gasteiger partial charge >= 0.3 is 0 Å². The molecule has 3 heteroatoms. The molecular weight excluding hydrogens is 693 g/mol. The first kappa shape index (κ1) is 32.8. The molecule has 2 aromatic heterocycles. The topological polar surface area (TPSA) is 21.3 Å². The van der Waals surface area contributed by atoms with Crippen molar-refractivity contribution in [1.82, 2.24) is 4.57 Å². The number of hydrogen-bond acceptors (Lipinski definition) is 2. The first-order chi connectivity index (χ1) is 28.3. The van der Waals surface area contributed by atoms with E-state index in [1.807, 2.05) is 6.07 Å². The molecule has 0 atom stereocenters. The zero-order valence-corrected chi connectivity index (χ0v) is 31.1. The van der Waals surface area contributed by atoms with Gasteiger partial charge in [-0.05, 0) is 94.5 Å². The van der Waals surface area contributed by atoms with E-state index in [0.717, 1.165) is 66.9 Å². The van der Waals surface area contributed by atoms with Crippen LogP contribution in [-0.2, 0) is 0 Å². The predicted octanol–water partition coefficient (Wildman–Crippen LogP) is 15.2. The lowest BCUT2D eigenvalue weighted by Gasteiger charge is -2.29. The van der Waals surface area contributed by atoms with E-state index in [1.54, 1.807) is 0 Å². The molecule has 0 fully saturated rings. The summed E-state index contributed by atoms with van der Waals surface area (Å²) in [4.78, 5) is 2.44. The molecule has 0 radical (unpaired) electrons. The van der Waals surface area contributed by atoms with E-state index in [2.05, 4.69) is 222 Å². The van der Waals surface area contributed by atoms with Crippen molar-refractivity contribution in [2.45, 2.75) is 0 Å². The van der Waals surface area contributed by atoms with Crippen LogP contribution >= 0.6 is 0 Å². The number of benzene rings is 9. The van der Waals surface area contributed by atoms with E-state index in [-0.39, 0.29) is 0 Å². The van der Waals surface area contributed by atoms with Crippen LogP contribution < -0.4 is 4.90 Å². The van der Waals surface area contributed by atoms with Crippen molar-refractivity contribution in [3.05, 3.63) is 218 Å². The Balaban J connectivity index is 1.20. The third-order valence-corrected chi connectivity index (χ3v) is 11.2. The molecule has 2 heterocycles. The Morgan fingerprint density at radius 2 is 0.895 bits per heavy atom. The van der Waals surface area contributed by atoms with Gasteiger partial charge in [0.15, 0.2) is 0 Å². The first-order valence-corrected chi connectivity index (χ1v) is 19.4. The van der Waals surface area contributed by atoms with E-state index in [4.69, 9.17) is 4.42 Å². The van der Waals surface area contributed by atoms with Gasteiger partial charge in [-0.1, -0.05) is 152 Å². The molecular formula is C54H36N2O. The number of rotatable bonds is 7. The van der Waals surface area contributed by atoms with Crippen molar-refractivity contribution in [2.24, 2.45) is 0 Å². The normalized spacial score (nSPS) is 11.5. The van der Waals surface area contributed by atoms with E-state index < -0.39 is 0 Å². The van der Waals surface area contributed by atoms with E-state index in [1.165, 1.54) is 32.9 Å². The van der Waals surface area contributed by atoms with Crippen LogP contribution in [0.2, 0.25) is 0 Å². The fourth-order valence-corrected chi connectivity index (χ4v) is 8.63. The quantitative estimate of drug-likeness (QED) is 0.163. The average molecular weight is 729 g/mol. The van der Waals surface area contributed by atoms with Crippen molar-refractivity contribution in [1.29, 1.82) is 0 Å². The van der Waals surface area contributed by atoms with Crippen molar-refractivity contribution in [2.75, 3.05) is 4.90 Å². The van der Waals surface area contributed by atoms with Crippen LogP contribution in [0, 0.1) is 0 Å². The van der Waals surface area contributed by atoms with Gasteiger partial charge in [-0.3, -0.25) is 0 Å². The second kappa shape index (κ2) is 13.6. The lowest BCUT2D eigenvalue weighted by Crippen LogP contribution is -2.12. The van der Waals surface area contributed by atoms with E-state index >= 15 is 0 Å². The SMILES string of the molecule is c1ccc(-c2cc(-c3ccccc3)cc(N(c3cccc(-n4c5ccccc5c5ccccc54)c3)c3ccccc3-c3cccc4oc5ccccc5c34)c2)cc1. The van der Waals surface area contributed by atoms with Gasteiger partial charge in [-0.15, -0.1) is 0 Å². The molecule has 0 saturated heterocycles. The zero-order chi connectivity index (χ0) is 37.7. The van der Waals surface area contributed by atoms with Crippen LogP contribution in [0.3, 0.4) is 0 Å². The summed E-state index contributed by atoms with van der Waals surface area (Å²) in [5, 5.41) is 4.70. The Bertz CT molecular complexity index is 3140. The van der Waals surface area contributed by atoms with Gasteiger partial charge in [0.2, 0.25) is 0 Å². The van der Waals surface area contributed by atoms with E-state index in [9.17, 15) is 0 Å². The van der Waals surface area contributed by atoms with Crippen LogP contribution in [0.1, 0.15) is 0 Å². The fourth-order valence-electron chi connectivity index (χ4n) is 8.63. The molecule has 57 heavy (non-hydrogen) atoms. The van der Waals surface area contributed by atoms with Crippen molar-refractivity contribution in [3.8, 4) is 39.1 Å². The highest BCUT2D eigenvalue weighted by Crippen LogP contribution is 2.47. The van der Waals surface area contributed by atoms with Crippen LogP contribution in [0.4, 0.5) is 17.1 Å². The molecule has 0 amide bonds. The monoisotopic (exact) mass is 728 g/mol. The van der Waals surface area contributed by atoms with E-state index in [0.29, 0.717) is 0 Å². The molecule has 0 aliphatic carbocycles. The van der Waals surface area contributed by atoms with Gasteiger partial charge in [0.1, 0.15) is 11.2 Å². The Hall–Kier alpha value is -7.62. The summed E-state index contributed by atoms with van der Waals surface area (Å²) in [5.41, 5.74) is 15.3. The second-order valence-corrected chi connectivity index (χ2v) is 14.5. The molecule has 9 aromatic carbocycles. The standard InChI is InChI=1S/C54H36N2O/c1-3-17-37(18-4-1)39-33-40(38-19-5-2-6-20-38)35-43(34-39)55(41-21-15-22-42(36-41)56-50-29-12-7-23-44(50)45-24-8-13-30-51(45)56)49-28-11-9-25-46(49)47-27-16-32-53-54(47)48-26-10-14-31-52(48)57-53/h1-36H. The number of hydrogen-bond donors (Lipinski definition) is 0. The number of aromatic nitrogens is 1. The molecule has 0 bridgehead atoms. The molecule has 0 aliphatic heterocycles. The maximum Gasteiger partial charge on any atom is 0.136 e. The third-order valence-electron chi connectivity index (χ3n) is 11.2. The summed E-state index contributed by atoms with van der Waals surface area (Å²) in [7, 11) is 0. The molecule has 0 N–H and O–H groups in total. The van der Waals surface area contributed by atoms with Crippen molar-refractivity contribution in [3.63, 3.8) is 0 Å². The van der Waals surface area contributed by atoms with Crippen LogP contribution in [-0.4, -0.2) is 4.57 Å². The van der Waals surface area contributed by atoms with Gasteiger partial charge in [0.05, 0.1) is 16.7 Å². The summed E-state index contributed by atoms with van der Waals surface area (Å²) in [6, 6.07) is 78.3. The highest BCUT2D eigenvalue weighted by molar-refractivity contribution is 6.14. The van der Waals surface area contributed by atoms with Crippen LogP contribution in [0.25, 0.3) is 82.8 Å². The minimum atomic E-state index is 0.876. The van der Waals surface area contributed by atoms with Crippen molar-refractivity contribution < 1.29 is 4.42 Å². The van der Waals surface area contributed by atoms with Crippen molar-refractivity contribution >= 4 is 60.8 Å². The van der Waals surface area contributed by atoms with Gasteiger partial charge in [0, 0.05) is 44.2 Å². The molecule has 11 aromatic rings. The minimum absolute atomic E-state index is 0.876. The lowest BCUT2D eigenvalue weighted by molar-refractivity contribution is 0.669. The predicted molar refractivity (Wildman–Crippen MR) is 239 cm³/mol. The summed E-state index contributed by atoms with van der Waals surface area (Å²) < 4.78 is 8.82. The zero-order valence-electron chi connectivity index (χ0n) is 31.1. The highest BCUT2D eigenvalue weighted by Gasteiger charge is 2.22. The smallest absolute Gasteiger partial charge is 0.136 e. The molecule has 3 nitrogen and oxygen atoms in total. The van der Waals surface area contributed by atoms with Crippen LogP contribution in [0.5, 0.6) is 0 Å². The molecule has 0 spiro atoms.